The molecule has 0 saturated carbocycles. The molecule has 0 spiro atoms. The molecule has 0 aliphatic rings. The zero-order chi connectivity index (χ0) is 27.5. The van der Waals surface area contributed by atoms with E-state index in [1.54, 1.807) is 6.20 Å². The van der Waals surface area contributed by atoms with Crippen LogP contribution in [0.1, 0.15) is 31.7 Å². The summed E-state index contributed by atoms with van der Waals surface area (Å²) >= 11 is 0. The number of nitrogens with two attached hydrogens (primary N) is 2. The highest BCUT2D eigenvalue weighted by Gasteiger charge is 2.31. The van der Waals surface area contributed by atoms with Crippen molar-refractivity contribution >= 4 is 34.6 Å². The Balaban J connectivity index is 2.13. The fourth-order valence-electron chi connectivity index (χ4n) is 3.71. The highest BCUT2D eigenvalue weighted by Crippen LogP contribution is 2.19. The van der Waals surface area contributed by atoms with Gasteiger partial charge in [-0.05, 0) is 44.4 Å². The first-order valence-corrected chi connectivity index (χ1v) is 12.0. The molecule has 1 aromatic heterocycles. The molecule has 0 fully saturated rings. The summed E-state index contributed by atoms with van der Waals surface area (Å²) in [6.45, 7) is 0.859. The number of fused-ring (bicyclic) bond motifs is 1. The van der Waals surface area contributed by atoms with Crippen LogP contribution in [-0.2, 0) is 25.6 Å². The van der Waals surface area contributed by atoms with Gasteiger partial charge in [0, 0.05) is 23.5 Å². The molecule has 1 aromatic carbocycles. The summed E-state index contributed by atoms with van der Waals surface area (Å²) in [5.74, 6) is -3.72. The predicted molar refractivity (Wildman–Crippen MR) is 135 cm³/mol. The molecule has 2 aromatic rings. The van der Waals surface area contributed by atoms with E-state index >= 15 is 0 Å². The maximum atomic E-state index is 13.1. The lowest BCUT2D eigenvalue weighted by molar-refractivity contribution is -0.142. The molecule has 0 bridgehead atoms. The fourth-order valence-corrected chi connectivity index (χ4v) is 3.71. The van der Waals surface area contributed by atoms with Crippen LogP contribution in [0.5, 0.6) is 0 Å². The van der Waals surface area contributed by atoms with E-state index in [1.807, 2.05) is 24.3 Å². The lowest BCUT2D eigenvalue weighted by Gasteiger charge is -2.25. The third-order valence-electron chi connectivity index (χ3n) is 5.93. The minimum Gasteiger partial charge on any atom is -0.480 e. The van der Waals surface area contributed by atoms with E-state index in [4.69, 9.17) is 11.5 Å². The highest BCUT2D eigenvalue weighted by molar-refractivity contribution is 5.94. The van der Waals surface area contributed by atoms with Gasteiger partial charge in [-0.15, -0.1) is 0 Å². The number of amides is 3. The first-order valence-electron chi connectivity index (χ1n) is 12.0. The van der Waals surface area contributed by atoms with Crippen molar-refractivity contribution in [1.82, 2.24) is 20.9 Å². The number of aliphatic carboxylic acids is 1. The van der Waals surface area contributed by atoms with Crippen LogP contribution in [0.4, 0.5) is 0 Å². The summed E-state index contributed by atoms with van der Waals surface area (Å²) in [5.41, 5.74) is 12.6. The number of aromatic amines is 1. The second-order valence-corrected chi connectivity index (χ2v) is 8.82. The van der Waals surface area contributed by atoms with Crippen LogP contribution in [0.3, 0.4) is 0 Å². The van der Waals surface area contributed by atoms with Gasteiger partial charge in [-0.3, -0.25) is 14.4 Å². The Labute approximate surface area is 214 Å². The average Bonchev–Trinajstić information content (AvgIpc) is 3.28. The normalized spacial score (nSPS) is 15.3. The van der Waals surface area contributed by atoms with E-state index in [-0.39, 0.29) is 12.8 Å². The number of H-pyrrole nitrogens is 1. The van der Waals surface area contributed by atoms with Gasteiger partial charge in [0.15, 0.2) is 0 Å². The van der Waals surface area contributed by atoms with Crippen LogP contribution in [0.15, 0.2) is 30.5 Å². The zero-order valence-electron chi connectivity index (χ0n) is 20.6. The highest BCUT2D eigenvalue weighted by atomic mass is 16.4. The Kier molecular flexibility index (Phi) is 11.5. The monoisotopic (exact) mass is 520 g/mol. The van der Waals surface area contributed by atoms with Gasteiger partial charge in [0.2, 0.25) is 17.7 Å². The molecule has 0 aliphatic carbocycles. The van der Waals surface area contributed by atoms with E-state index in [2.05, 4.69) is 20.9 Å². The number of para-hydroxylation sites is 1. The lowest BCUT2D eigenvalue weighted by atomic mass is 10.0. The van der Waals surface area contributed by atoms with Crippen LogP contribution in [0.25, 0.3) is 10.9 Å². The molecule has 13 nitrogen and oxygen atoms in total. The molecule has 2 rings (SSSR count). The topological polar surface area (TPSA) is 233 Å². The number of carboxylic acid groups (broad SMARTS) is 1. The SMILES string of the molecule is CC(O)C(N)C(=O)NC(CO)C(=O)NC(CCCCN)C(=O)NC(Cc1c[nH]c2ccccc12)C(=O)O. The van der Waals surface area contributed by atoms with Crippen LogP contribution in [-0.4, -0.2) is 87.4 Å². The van der Waals surface area contributed by atoms with E-state index in [9.17, 15) is 34.5 Å². The van der Waals surface area contributed by atoms with Crippen molar-refractivity contribution in [3.8, 4) is 0 Å². The molecule has 5 unspecified atom stereocenters. The van der Waals surface area contributed by atoms with Gasteiger partial charge in [0.05, 0.1) is 12.7 Å². The number of nitrogens with one attached hydrogen (secondary N) is 4. The second kappa shape index (κ2) is 14.3. The largest absolute Gasteiger partial charge is 0.480 e. The molecule has 0 saturated heterocycles. The molecular weight excluding hydrogens is 484 g/mol. The van der Waals surface area contributed by atoms with Crippen molar-refractivity contribution in [2.24, 2.45) is 11.5 Å². The second-order valence-electron chi connectivity index (χ2n) is 8.82. The Bertz CT molecular complexity index is 1070. The van der Waals surface area contributed by atoms with E-state index in [0.29, 0.717) is 24.9 Å². The molecule has 204 valence electrons. The Morgan fingerprint density at radius 2 is 1.59 bits per heavy atom. The standard InChI is InChI=1S/C24H36N6O7/c1-13(32)20(26)23(35)30-19(12-31)22(34)28-17(8-4-5-9-25)21(33)29-18(24(36)37)10-14-11-27-16-7-3-2-6-15(14)16/h2-3,6-7,11,13,17-20,27,31-32H,4-5,8-10,12,25-26H2,1H3,(H,28,34)(H,29,33)(H,30,35)(H,36,37). The van der Waals surface area contributed by atoms with E-state index in [1.165, 1.54) is 6.92 Å². The Morgan fingerprint density at radius 3 is 2.22 bits per heavy atom. The van der Waals surface area contributed by atoms with Gasteiger partial charge in [-0.2, -0.15) is 0 Å². The van der Waals surface area contributed by atoms with Crippen molar-refractivity contribution in [3.63, 3.8) is 0 Å². The first-order chi connectivity index (χ1) is 17.6. The Morgan fingerprint density at radius 1 is 0.973 bits per heavy atom. The lowest BCUT2D eigenvalue weighted by Crippen LogP contribution is -2.59. The summed E-state index contributed by atoms with van der Waals surface area (Å²) in [7, 11) is 0. The van der Waals surface area contributed by atoms with Gasteiger partial charge in [0.25, 0.3) is 0 Å². The van der Waals surface area contributed by atoms with Crippen molar-refractivity contribution in [3.05, 3.63) is 36.0 Å². The number of hydrogen-bond donors (Lipinski definition) is 9. The van der Waals surface area contributed by atoms with Gasteiger partial charge in [-0.25, -0.2) is 4.79 Å². The smallest absolute Gasteiger partial charge is 0.326 e. The summed E-state index contributed by atoms with van der Waals surface area (Å²) in [4.78, 5) is 53.0. The maximum Gasteiger partial charge on any atom is 0.326 e. The molecule has 0 radical (unpaired) electrons. The Hall–Kier alpha value is -3.52. The molecule has 13 heteroatoms. The maximum absolute atomic E-state index is 13.1. The quantitative estimate of drug-likeness (QED) is 0.119. The number of carbonyl (C=O) groups is 4. The van der Waals surface area contributed by atoms with Gasteiger partial charge >= 0.3 is 5.97 Å². The summed E-state index contributed by atoms with van der Waals surface area (Å²) in [6, 6.07) is 2.15. The third-order valence-corrected chi connectivity index (χ3v) is 5.93. The molecule has 11 N–H and O–H groups in total. The molecule has 0 aliphatic heterocycles. The molecule has 5 atom stereocenters. The van der Waals surface area contributed by atoms with Gasteiger partial charge < -0.3 is 47.7 Å². The molecular formula is C24H36N6O7. The number of carboxylic acids is 1. The number of carbonyl (C=O) groups excluding carboxylic acids is 3. The van der Waals surface area contributed by atoms with E-state index in [0.717, 1.165) is 10.9 Å². The van der Waals surface area contributed by atoms with Crippen LogP contribution < -0.4 is 27.4 Å². The number of rotatable bonds is 15. The van der Waals surface area contributed by atoms with Crippen LogP contribution in [0, 0.1) is 0 Å². The average molecular weight is 521 g/mol. The third kappa shape index (κ3) is 8.53. The number of hydrogen-bond acceptors (Lipinski definition) is 8. The van der Waals surface area contributed by atoms with Gasteiger partial charge in [0.1, 0.15) is 24.2 Å². The van der Waals surface area contributed by atoms with Crippen molar-refractivity contribution < 1.29 is 34.5 Å². The molecule has 37 heavy (non-hydrogen) atoms. The summed E-state index contributed by atoms with van der Waals surface area (Å²) in [5, 5.41) is 36.8. The van der Waals surface area contributed by atoms with E-state index < -0.39 is 60.6 Å². The zero-order valence-corrected chi connectivity index (χ0v) is 20.6. The number of benzene rings is 1. The van der Waals surface area contributed by atoms with Crippen molar-refractivity contribution in [2.45, 2.75) is 62.9 Å². The number of unbranched alkanes of at least 4 members (excludes halogenated alkanes) is 1. The molecule has 3 amide bonds. The fraction of sp³-hybridized carbons (Fsp3) is 0.500. The van der Waals surface area contributed by atoms with Crippen molar-refractivity contribution in [2.75, 3.05) is 13.2 Å². The minimum atomic E-state index is -1.44. The molecule has 1 heterocycles. The first kappa shape index (κ1) is 29.7. The van der Waals surface area contributed by atoms with Crippen LogP contribution in [0.2, 0.25) is 0 Å². The number of aliphatic hydroxyl groups excluding tert-OH is 2. The van der Waals surface area contributed by atoms with Crippen molar-refractivity contribution in [1.29, 1.82) is 0 Å². The minimum absolute atomic E-state index is 0.00110. The summed E-state index contributed by atoms with van der Waals surface area (Å²) in [6.07, 6.45) is 1.65. The van der Waals surface area contributed by atoms with Crippen LogP contribution >= 0.6 is 0 Å². The number of aliphatic hydroxyl groups is 2. The number of aromatic nitrogens is 1. The summed E-state index contributed by atoms with van der Waals surface area (Å²) < 4.78 is 0. The predicted octanol–water partition coefficient (Wildman–Crippen LogP) is -1.92. The van der Waals surface area contributed by atoms with Gasteiger partial charge in [-0.1, -0.05) is 18.2 Å².